The van der Waals surface area contributed by atoms with E-state index < -0.39 is 6.03 Å². The summed E-state index contributed by atoms with van der Waals surface area (Å²) in [5, 5.41) is 8.20. The zero-order valence-corrected chi connectivity index (χ0v) is 21.6. The second-order valence-electron chi connectivity index (χ2n) is 9.02. The van der Waals surface area contributed by atoms with E-state index in [9.17, 15) is 4.79 Å². The summed E-state index contributed by atoms with van der Waals surface area (Å²) < 4.78 is 1.75. The number of benzene rings is 3. The molecule has 0 radical (unpaired) electrons. The monoisotopic (exact) mass is 496 g/mol. The van der Waals surface area contributed by atoms with Crippen molar-refractivity contribution in [3.8, 4) is 17.1 Å². The van der Waals surface area contributed by atoms with Crippen LogP contribution in [0.3, 0.4) is 0 Å². The average molecular weight is 497 g/mol. The number of aliphatic imine (C=N–C) groups is 1. The Kier molecular flexibility index (Phi) is 6.61. The molecule has 1 aliphatic heterocycles. The van der Waals surface area contributed by atoms with Crippen LogP contribution in [0.5, 0.6) is 0 Å². The molecule has 1 fully saturated rings. The van der Waals surface area contributed by atoms with E-state index in [1.165, 1.54) is 16.7 Å². The van der Waals surface area contributed by atoms with Crippen LogP contribution in [0, 0.1) is 20.8 Å². The number of aryl methyl sites for hydroxylation is 3. The van der Waals surface area contributed by atoms with Gasteiger partial charge in [-0.3, -0.25) is 0 Å². The first-order valence-corrected chi connectivity index (χ1v) is 12.8. The molecule has 1 N–H and O–H groups in total. The number of aromatic nitrogens is 3. The molecule has 1 aliphatic rings. The molecule has 0 saturated carbocycles. The van der Waals surface area contributed by atoms with Crippen molar-refractivity contribution >= 4 is 34.3 Å². The number of carbonyl (C=O) groups excluding carboxylic acids is 1. The van der Waals surface area contributed by atoms with Crippen LogP contribution in [0.25, 0.3) is 17.1 Å². The van der Waals surface area contributed by atoms with Crippen LogP contribution in [0.15, 0.2) is 78.0 Å². The number of hydrogen-bond acceptors (Lipinski definition) is 4. The first kappa shape index (κ1) is 23.8. The Balaban J connectivity index is 1.30. The van der Waals surface area contributed by atoms with E-state index in [4.69, 9.17) is 0 Å². The minimum absolute atomic E-state index is 0.257. The van der Waals surface area contributed by atoms with E-state index in [0.29, 0.717) is 11.5 Å². The molecule has 36 heavy (non-hydrogen) atoms. The normalized spacial score (nSPS) is 16.5. The summed E-state index contributed by atoms with van der Waals surface area (Å²) in [6, 6.07) is 21.7. The van der Waals surface area contributed by atoms with E-state index in [2.05, 4.69) is 71.2 Å². The van der Waals surface area contributed by atoms with Crippen molar-refractivity contribution in [1.29, 1.82) is 0 Å². The van der Waals surface area contributed by atoms with Gasteiger partial charge in [0.1, 0.15) is 6.33 Å². The number of thioether (sulfide) groups is 1. The van der Waals surface area contributed by atoms with Crippen molar-refractivity contribution < 1.29 is 4.79 Å². The van der Waals surface area contributed by atoms with Gasteiger partial charge in [-0.15, -0.1) is 5.10 Å². The van der Waals surface area contributed by atoms with Crippen molar-refractivity contribution in [2.45, 2.75) is 33.7 Å². The summed E-state index contributed by atoms with van der Waals surface area (Å²) in [6.07, 6.45) is 1.70. The summed E-state index contributed by atoms with van der Waals surface area (Å²) in [6.45, 7) is 8.40. The lowest BCUT2D eigenvalue weighted by Crippen LogP contribution is -2.33. The molecule has 3 aromatic carbocycles. The van der Waals surface area contributed by atoms with Gasteiger partial charge in [0.05, 0.1) is 5.69 Å². The minimum Gasteiger partial charge on any atom is -0.317 e. The molecule has 1 unspecified atom stereocenters. The van der Waals surface area contributed by atoms with Gasteiger partial charge in [-0.2, -0.15) is 4.99 Å². The highest BCUT2D eigenvalue weighted by Crippen LogP contribution is 2.34. The number of anilines is 2. The van der Waals surface area contributed by atoms with Crippen LogP contribution in [-0.2, 0) is 0 Å². The maximum absolute atomic E-state index is 12.8. The molecular weight excluding hydrogens is 468 g/mol. The molecule has 2 heterocycles. The number of amides is 2. The third kappa shape index (κ3) is 4.90. The maximum Gasteiger partial charge on any atom is 0.347 e. The van der Waals surface area contributed by atoms with E-state index in [1.54, 1.807) is 22.8 Å². The standard InChI is InChI=1S/C28H28N6OS/c1-18-8-14-24(15-9-18)33-17-29-26(32-33)22-10-12-23(13-11-22)30-27(35)31-28-34(21(4)16-36-28)25-19(2)6-5-7-20(25)3/h5-15,17,21H,16H2,1-4H3,(H,30,35)/b31-28-. The Labute approximate surface area is 215 Å². The van der Waals surface area contributed by atoms with Crippen molar-refractivity contribution in [3.05, 3.63) is 89.7 Å². The lowest BCUT2D eigenvalue weighted by molar-refractivity contribution is 0.259. The van der Waals surface area contributed by atoms with Gasteiger partial charge in [-0.05, 0) is 75.2 Å². The summed E-state index contributed by atoms with van der Waals surface area (Å²) in [7, 11) is 0. The fourth-order valence-electron chi connectivity index (χ4n) is 4.27. The Bertz CT molecular complexity index is 1410. The fourth-order valence-corrected chi connectivity index (χ4v) is 5.37. The van der Waals surface area contributed by atoms with Gasteiger partial charge in [0, 0.05) is 28.7 Å². The average Bonchev–Trinajstić information content (AvgIpc) is 3.48. The number of urea groups is 1. The number of amidine groups is 1. The quantitative estimate of drug-likeness (QED) is 0.354. The Hall–Kier alpha value is -3.91. The molecule has 1 aromatic heterocycles. The third-order valence-corrected chi connectivity index (χ3v) is 7.36. The van der Waals surface area contributed by atoms with Gasteiger partial charge in [-0.25, -0.2) is 14.5 Å². The predicted octanol–water partition coefficient (Wildman–Crippen LogP) is 6.39. The smallest absolute Gasteiger partial charge is 0.317 e. The van der Waals surface area contributed by atoms with Gasteiger partial charge in [0.2, 0.25) is 0 Å². The van der Waals surface area contributed by atoms with Crippen LogP contribution >= 0.6 is 11.8 Å². The van der Waals surface area contributed by atoms with Gasteiger partial charge >= 0.3 is 6.03 Å². The molecular formula is C28H28N6OS. The molecule has 0 spiro atoms. The third-order valence-electron chi connectivity index (χ3n) is 6.16. The first-order valence-electron chi connectivity index (χ1n) is 11.9. The van der Waals surface area contributed by atoms with E-state index >= 15 is 0 Å². The van der Waals surface area contributed by atoms with E-state index in [-0.39, 0.29) is 6.04 Å². The second-order valence-corrected chi connectivity index (χ2v) is 10.0. The number of carbonyl (C=O) groups is 1. The summed E-state index contributed by atoms with van der Waals surface area (Å²) >= 11 is 1.61. The predicted molar refractivity (Wildman–Crippen MR) is 148 cm³/mol. The van der Waals surface area contributed by atoms with Gasteiger partial charge in [0.25, 0.3) is 0 Å². The molecule has 5 rings (SSSR count). The zero-order chi connectivity index (χ0) is 25.2. The number of nitrogens with one attached hydrogen (secondary N) is 1. The molecule has 182 valence electrons. The van der Waals surface area contributed by atoms with Crippen molar-refractivity contribution in [3.63, 3.8) is 0 Å². The number of para-hydroxylation sites is 1. The molecule has 0 bridgehead atoms. The van der Waals surface area contributed by atoms with Crippen LogP contribution in [0.4, 0.5) is 16.2 Å². The molecule has 8 heteroatoms. The molecule has 2 amide bonds. The number of rotatable bonds is 4. The molecule has 4 aromatic rings. The van der Waals surface area contributed by atoms with Crippen LogP contribution in [0.1, 0.15) is 23.6 Å². The Morgan fingerprint density at radius 2 is 1.69 bits per heavy atom. The summed E-state index contributed by atoms with van der Waals surface area (Å²) in [5.74, 6) is 1.51. The first-order chi connectivity index (χ1) is 17.4. The highest BCUT2D eigenvalue weighted by Gasteiger charge is 2.30. The Morgan fingerprint density at radius 1 is 1.00 bits per heavy atom. The zero-order valence-electron chi connectivity index (χ0n) is 20.8. The second kappa shape index (κ2) is 9.99. The highest BCUT2D eigenvalue weighted by atomic mass is 32.2. The molecule has 0 aliphatic carbocycles. The summed E-state index contributed by atoms with van der Waals surface area (Å²) in [5.41, 5.74) is 7.16. The lowest BCUT2D eigenvalue weighted by Gasteiger charge is -2.26. The van der Waals surface area contributed by atoms with Crippen molar-refractivity contribution in [2.24, 2.45) is 4.99 Å². The number of hydrogen-bond donors (Lipinski definition) is 1. The molecule has 1 saturated heterocycles. The topological polar surface area (TPSA) is 75.4 Å². The van der Waals surface area contributed by atoms with Gasteiger partial charge in [0.15, 0.2) is 11.0 Å². The van der Waals surface area contributed by atoms with E-state index in [0.717, 1.165) is 27.9 Å². The van der Waals surface area contributed by atoms with Crippen molar-refractivity contribution in [1.82, 2.24) is 14.8 Å². The molecule has 1 atom stereocenters. The SMILES string of the molecule is Cc1ccc(-n2cnc(-c3ccc(NC(=O)/N=C4\SCC(C)N4c4c(C)cccc4C)cc3)n2)cc1. The van der Waals surface area contributed by atoms with Crippen LogP contribution < -0.4 is 10.2 Å². The fraction of sp³-hybridized carbons (Fsp3) is 0.214. The van der Waals surface area contributed by atoms with Crippen molar-refractivity contribution in [2.75, 3.05) is 16.0 Å². The lowest BCUT2D eigenvalue weighted by atomic mass is 10.1. The Morgan fingerprint density at radius 3 is 2.39 bits per heavy atom. The maximum atomic E-state index is 12.8. The van der Waals surface area contributed by atoms with Gasteiger partial charge in [-0.1, -0.05) is 47.7 Å². The largest absolute Gasteiger partial charge is 0.347 e. The summed E-state index contributed by atoms with van der Waals surface area (Å²) in [4.78, 5) is 23.8. The minimum atomic E-state index is -0.391. The van der Waals surface area contributed by atoms with Crippen LogP contribution in [-0.4, -0.2) is 37.8 Å². The van der Waals surface area contributed by atoms with E-state index in [1.807, 2.05) is 48.5 Å². The highest BCUT2D eigenvalue weighted by molar-refractivity contribution is 8.14. The molecule has 7 nitrogen and oxygen atoms in total. The van der Waals surface area contributed by atoms with Crippen LogP contribution in [0.2, 0.25) is 0 Å². The van der Waals surface area contributed by atoms with Gasteiger partial charge < -0.3 is 10.2 Å². The number of nitrogens with zero attached hydrogens (tertiary/aromatic N) is 5.